The molecule has 1 fully saturated rings. The number of carboxylic acid groups (broad SMARTS) is 1. The first kappa shape index (κ1) is 56.2. The summed E-state index contributed by atoms with van der Waals surface area (Å²) in [5.74, 6) is -2.25. The number of aliphatic hydroxyl groups is 3. The average molecular weight is 1020 g/mol. The van der Waals surface area contributed by atoms with E-state index in [0.717, 1.165) is 36.3 Å². The standard InChI is InChI=1S/C48H59ClN8O15/c49-33-6-8-35(9-7-33)70-22-4-2-1-3-17-52-48(53-31-50)54-34-14-19-56(20-15-34)30-32-5-10-37(71-47-44(64)42(62)43(63)45(72-47)46(65)66)36(29-32)55-39(59)13-18-51-38(58)16-23-67-25-27-69-28-26-68-24-21-57-40(60)11-12-41(57)61/h5-12,14-15,19-20,29,42-45,47,62-64H,1-4,13,16-18,21-28,30H2,(H4,51,52,53,55,58,59,65,66)/p+1/t42-,43-,44+,45-,47+/m0/s1. The summed E-state index contributed by atoms with van der Waals surface area (Å²) < 4.78 is 34.9. The van der Waals surface area contributed by atoms with Crippen molar-refractivity contribution in [2.24, 2.45) is 4.99 Å². The number of hydrogen-bond donors (Lipinski definition) is 8. The summed E-state index contributed by atoms with van der Waals surface area (Å²) >= 11 is 5.92. The first-order valence-electron chi connectivity index (χ1n) is 23.2. The molecule has 0 aliphatic carbocycles. The summed E-state index contributed by atoms with van der Waals surface area (Å²) in [7, 11) is 0. The van der Waals surface area contributed by atoms with Gasteiger partial charge in [-0.15, -0.1) is 0 Å². The van der Waals surface area contributed by atoms with Crippen LogP contribution in [0.5, 0.6) is 11.5 Å². The van der Waals surface area contributed by atoms with Gasteiger partial charge < -0.3 is 64.8 Å². The molecule has 0 radical (unpaired) electrons. The van der Waals surface area contributed by atoms with Crippen molar-refractivity contribution in [1.29, 1.82) is 5.26 Å². The van der Waals surface area contributed by atoms with E-state index < -0.39 is 42.6 Å². The van der Waals surface area contributed by atoms with Crippen molar-refractivity contribution in [3.05, 3.63) is 89.7 Å². The highest BCUT2D eigenvalue weighted by Crippen LogP contribution is 2.31. The molecule has 5 rings (SSSR count). The molecule has 5 atom stereocenters. The number of carbonyl (C=O) groups is 5. The number of guanidine groups is 1. The van der Waals surface area contributed by atoms with E-state index in [1.165, 1.54) is 18.2 Å². The van der Waals surface area contributed by atoms with Crippen LogP contribution in [0.25, 0.3) is 0 Å². The molecule has 0 saturated carbocycles. The molecule has 8 N–H and O–H groups in total. The van der Waals surface area contributed by atoms with Crippen LogP contribution < -0.4 is 35.3 Å². The normalized spacial score (nSPS) is 18.6. The van der Waals surface area contributed by atoms with Crippen LogP contribution in [0, 0.1) is 11.5 Å². The van der Waals surface area contributed by atoms with Gasteiger partial charge in [0, 0.05) is 60.8 Å². The van der Waals surface area contributed by atoms with E-state index in [0.29, 0.717) is 29.4 Å². The Bertz CT molecular complexity index is 2330. The van der Waals surface area contributed by atoms with E-state index in [2.05, 4.69) is 26.3 Å². The van der Waals surface area contributed by atoms with Crippen molar-refractivity contribution in [3.8, 4) is 17.7 Å². The predicted octanol–water partition coefficient (Wildman–Crippen LogP) is 1.23. The number of nitrogens with zero attached hydrogens (tertiary/aromatic N) is 4. The molecule has 2 aliphatic heterocycles. The van der Waals surface area contributed by atoms with Gasteiger partial charge in [0.1, 0.15) is 29.8 Å². The highest BCUT2D eigenvalue weighted by molar-refractivity contribution is 6.30. The number of anilines is 2. The monoisotopic (exact) mass is 1020 g/mol. The summed E-state index contributed by atoms with van der Waals surface area (Å²) in [4.78, 5) is 66.1. The lowest BCUT2D eigenvalue weighted by atomic mass is 9.99. The second kappa shape index (κ2) is 30.2. The lowest BCUT2D eigenvalue weighted by molar-refractivity contribution is -0.688. The fourth-order valence-corrected chi connectivity index (χ4v) is 7.04. The Morgan fingerprint density at radius 3 is 2.17 bits per heavy atom. The van der Waals surface area contributed by atoms with Crippen LogP contribution in [0.3, 0.4) is 0 Å². The number of aliphatic hydroxyl groups excluding tert-OH is 3. The van der Waals surface area contributed by atoms with Gasteiger partial charge in [-0.05, 0) is 61.7 Å². The van der Waals surface area contributed by atoms with Gasteiger partial charge in [-0.3, -0.25) is 34.4 Å². The lowest BCUT2D eigenvalue weighted by Gasteiger charge is -2.38. The number of aromatic nitrogens is 1. The molecule has 3 heterocycles. The van der Waals surface area contributed by atoms with Crippen LogP contribution in [0.4, 0.5) is 11.4 Å². The molecule has 24 heteroatoms. The number of benzene rings is 2. The van der Waals surface area contributed by atoms with Crippen molar-refractivity contribution in [1.82, 2.24) is 15.5 Å². The number of nitriles is 1. The maximum absolute atomic E-state index is 13.2. The van der Waals surface area contributed by atoms with Crippen molar-refractivity contribution in [2.75, 3.05) is 76.5 Å². The number of nitrogens with one attached hydrogen (secondary N) is 4. The molecule has 2 aliphatic rings. The minimum atomic E-state index is -1.95. The van der Waals surface area contributed by atoms with Crippen molar-refractivity contribution < 1.29 is 77.4 Å². The molecular formula is C48H60ClN8O15+. The van der Waals surface area contributed by atoms with Crippen LogP contribution in [-0.4, -0.2) is 157 Å². The summed E-state index contributed by atoms with van der Waals surface area (Å²) in [6, 6.07) is 15.5. The number of imide groups is 1. The van der Waals surface area contributed by atoms with Crippen LogP contribution in [-0.2, 0) is 49.5 Å². The number of aliphatic imine (C=N–C) groups is 1. The molecule has 388 valence electrons. The zero-order valence-electron chi connectivity index (χ0n) is 39.4. The van der Waals surface area contributed by atoms with E-state index >= 15 is 0 Å². The molecule has 72 heavy (non-hydrogen) atoms. The maximum atomic E-state index is 13.2. The van der Waals surface area contributed by atoms with Gasteiger partial charge >= 0.3 is 5.97 Å². The Morgan fingerprint density at radius 1 is 0.792 bits per heavy atom. The summed E-state index contributed by atoms with van der Waals surface area (Å²) in [6.45, 7) is 2.72. The number of halogens is 1. The zero-order valence-corrected chi connectivity index (χ0v) is 40.1. The molecular weight excluding hydrogens is 964 g/mol. The van der Waals surface area contributed by atoms with Gasteiger partial charge in [0.15, 0.2) is 31.2 Å². The third kappa shape index (κ3) is 19.1. The van der Waals surface area contributed by atoms with E-state index in [4.69, 9.17) is 40.0 Å². The number of hydrogen-bond acceptors (Lipinski definition) is 16. The number of pyridine rings is 1. The van der Waals surface area contributed by atoms with Crippen molar-refractivity contribution in [3.63, 3.8) is 0 Å². The van der Waals surface area contributed by atoms with Gasteiger partial charge in [0.2, 0.25) is 24.1 Å². The van der Waals surface area contributed by atoms with E-state index in [9.17, 15) is 49.7 Å². The number of aliphatic carboxylic acids is 1. The lowest BCUT2D eigenvalue weighted by Crippen LogP contribution is -2.61. The molecule has 0 unspecified atom stereocenters. The molecule has 1 aromatic heterocycles. The smallest absolute Gasteiger partial charge is 0.335 e. The molecule has 1 saturated heterocycles. The van der Waals surface area contributed by atoms with Crippen LogP contribution >= 0.6 is 11.6 Å². The number of carboxylic acids is 1. The average Bonchev–Trinajstić information content (AvgIpc) is 3.68. The van der Waals surface area contributed by atoms with Gasteiger partial charge in [0.25, 0.3) is 11.8 Å². The van der Waals surface area contributed by atoms with Crippen molar-refractivity contribution in [2.45, 2.75) is 75.8 Å². The maximum Gasteiger partial charge on any atom is 0.335 e. The largest absolute Gasteiger partial charge is 0.494 e. The number of amides is 4. The number of ether oxygens (including phenoxy) is 6. The Hall–Kier alpha value is -6.75. The van der Waals surface area contributed by atoms with E-state index in [-0.39, 0.29) is 107 Å². The predicted molar refractivity (Wildman–Crippen MR) is 256 cm³/mol. The second-order valence-electron chi connectivity index (χ2n) is 16.1. The summed E-state index contributed by atoms with van der Waals surface area (Å²) in [6.07, 6.45) is 1.87. The summed E-state index contributed by atoms with van der Waals surface area (Å²) in [5.41, 5.74) is 1.40. The molecule has 4 amide bonds. The second-order valence-corrected chi connectivity index (χ2v) is 16.6. The van der Waals surface area contributed by atoms with Crippen LogP contribution in [0.15, 0.2) is 84.1 Å². The molecule has 3 aromatic rings. The molecule has 0 spiro atoms. The van der Waals surface area contributed by atoms with Gasteiger partial charge in [-0.2, -0.15) is 5.26 Å². The Morgan fingerprint density at radius 2 is 1.47 bits per heavy atom. The van der Waals surface area contributed by atoms with Gasteiger partial charge in [-0.1, -0.05) is 18.0 Å². The Balaban J connectivity index is 1.07. The van der Waals surface area contributed by atoms with E-state index in [1.54, 1.807) is 48.8 Å². The highest BCUT2D eigenvalue weighted by atomic mass is 35.5. The number of unbranched alkanes of at least 4 members (excludes halogenated alkanes) is 3. The fraction of sp³-hybridized carbons (Fsp3) is 0.458. The first-order chi connectivity index (χ1) is 34.8. The van der Waals surface area contributed by atoms with Crippen molar-refractivity contribution >= 4 is 58.5 Å². The molecule has 2 aromatic carbocycles. The minimum absolute atomic E-state index is 0.0140. The zero-order chi connectivity index (χ0) is 51.7. The molecule has 23 nitrogen and oxygen atoms in total. The summed E-state index contributed by atoms with van der Waals surface area (Å²) in [5, 5.41) is 61.7. The Kier molecular flexibility index (Phi) is 23.6. The first-order valence-corrected chi connectivity index (χ1v) is 23.6. The minimum Gasteiger partial charge on any atom is -0.494 e. The Labute approximate surface area is 420 Å². The van der Waals surface area contributed by atoms with Gasteiger partial charge in [0.05, 0.1) is 64.2 Å². The fourth-order valence-electron chi connectivity index (χ4n) is 6.92. The quantitative estimate of drug-likeness (QED) is 0.00886. The third-order valence-electron chi connectivity index (χ3n) is 10.7. The number of rotatable bonds is 30. The SMILES string of the molecule is N#CNC(=NCCCCCCOc1ccc(Cl)cc1)Nc1cc[n+](Cc2ccc(O[C@@H]3O[C@H](C(=O)O)[C@@H](O)[C@H](O)[C@H]3O)c(NC(=O)CCNC(=O)CCOCCOCCOCCN3C(=O)C=CC3=O)c2)cc1. The van der Waals surface area contributed by atoms with E-state index in [1.807, 2.05) is 22.9 Å². The highest BCUT2D eigenvalue weighted by Gasteiger charge is 2.48. The molecule has 0 bridgehead atoms. The van der Waals surface area contributed by atoms with Crippen LogP contribution in [0.2, 0.25) is 5.02 Å². The van der Waals surface area contributed by atoms with Gasteiger partial charge in [-0.25, -0.2) is 9.36 Å². The van der Waals surface area contributed by atoms with Crippen LogP contribution in [0.1, 0.15) is 44.1 Å². The number of carbonyl (C=O) groups excluding carboxylic acids is 4. The third-order valence-corrected chi connectivity index (χ3v) is 11.0. The topological polar surface area (TPSA) is 313 Å².